The summed E-state index contributed by atoms with van der Waals surface area (Å²) >= 11 is 0. The Labute approximate surface area is 169 Å². The van der Waals surface area contributed by atoms with Crippen molar-refractivity contribution in [2.45, 2.75) is 39.3 Å². The third-order valence-electron chi connectivity index (χ3n) is 5.68. The number of esters is 2. The molecule has 2 aliphatic heterocycles. The second kappa shape index (κ2) is 7.10. The van der Waals surface area contributed by atoms with Gasteiger partial charge >= 0.3 is 11.9 Å². The van der Waals surface area contributed by atoms with Gasteiger partial charge in [0, 0.05) is 17.2 Å². The summed E-state index contributed by atoms with van der Waals surface area (Å²) in [5.74, 6) is -1.45. The van der Waals surface area contributed by atoms with E-state index in [1.807, 2.05) is 50.2 Å². The van der Waals surface area contributed by atoms with Gasteiger partial charge in [0.1, 0.15) is 11.7 Å². The molecule has 2 heterocycles. The van der Waals surface area contributed by atoms with Crippen molar-refractivity contribution in [1.82, 2.24) is 5.32 Å². The summed E-state index contributed by atoms with van der Waals surface area (Å²) < 4.78 is 17.1. The lowest BCUT2D eigenvalue weighted by Crippen LogP contribution is -2.63. The summed E-state index contributed by atoms with van der Waals surface area (Å²) in [5.41, 5.74) is 0.882. The lowest BCUT2D eigenvalue weighted by molar-refractivity contribution is -0.161. The number of carbonyl (C=O) groups is 2. The number of rotatable bonds is 4. The van der Waals surface area contributed by atoms with Crippen molar-refractivity contribution in [1.29, 1.82) is 0 Å². The zero-order chi connectivity index (χ0) is 20.8. The van der Waals surface area contributed by atoms with Crippen molar-refractivity contribution in [2.75, 3.05) is 13.2 Å². The van der Waals surface area contributed by atoms with Crippen molar-refractivity contribution >= 4 is 22.7 Å². The van der Waals surface area contributed by atoms with Crippen LogP contribution in [0, 0.1) is 5.92 Å². The topological polar surface area (TPSA) is 73.9 Å². The first-order chi connectivity index (χ1) is 13.9. The summed E-state index contributed by atoms with van der Waals surface area (Å²) in [4.78, 5) is 26.1. The largest absolute Gasteiger partial charge is 0.467 e. The molecular formula is C23H25NO5. The fourth-order valence-electron chi connectivity index (χ4n) is 4.63. The predicted molar refractivity (Wildman–Crippen MR) is 108 cm³/mol. The van der Waals surface area contributed by atoms with E-state index in [0.29, 0.717) is 17.0 Å². The van der Waals surface area contributed by atoms with Crippen LogP contribution in [0.3, 0.4) is 0 Å². The number of hydrogen-bond acceptors (Lipinski definition) is 6. The van der Waals surface area contributed by atoms with Crippen LogP contribution in [0.1, 0.15) is 39.2 Å². The van der Waals surface area contributed by atoms with Crippen LogP contribution in [0.15, 0.2) is 47.7 Å². The van der Waals surface area contributed by atoms with E-state index in [0.717, 1.165) is 16.3 Å². The normalized spacial score (nSPS) is 25.0. The van der Waals surface area contributed by atoms with Crippen LogP contribution < -0.4 is 10.1 Å². The van der Waals surface area contributed by atoms with Crippen molar-refractivity contribution in [2.24, 2.45) is 5.92 Å². The maximum Gasteiger partial charge on any atom is 0.336 e. The molecule has 0 amide bonds. The van der Waals surface area contributed by atoms with Gasteiger partial charge in [-0.15, -0.1) is 0 Å². The van der Waals surface area contributed by atoms with Gasteiger partial charge in [-0.05, 0) is 44.5 Å². The van der Waals surface area contributed by atoms with Gasteiger partial charge in [0.25, 0.3) is 0 Å². The van der Waals surface area contributed by atoms with Gasteiger partial charge in [0.05, 0.1) is 18.8 Å². The Morgan fingerprint density at radius 1 is 1.10 bits per heavy atom. The van der Waals surface area contributed by atoms with Crippen molar-refractivity contribution in [3.63, 3.8) is 0 Å². The molecule has 3 unspecified atom stereocenters. The zero-order valence-corrected chi connectivity index (χ0v) is 17.1. The van der Waals surface area contributed by atoms with Crippen LogP contribution in [0.2, 0.25) is 0 Å². The van der Waals surface area contributed by atoms with E-state index in [-0.39, 0.29) is 13.2 Å². The van der Waals surface area contributed by atoms with Gasteiger partial charge in [-0.25, -0.2) is 4.79 Å². The quantitative estimate of drug-likeness (QED) is 0.797. The average Bonchev–Trinajstić information content (AvgIpc) is 2.66. The van der Waals surface area contributed by atoms with Gasteiger partial charge in [0.15, 0.2) is 5.72 Å². The number of fused-ring (bicyclic) bond motifs is 6. The highest BCUT2D eigenvalue weighted by Crippen LogP contribution is 2.53. The smallest absolute Gasteiger partial charge is 0.336 e. The van der Waals surface area contributed by atoms with Crippen molar-refractivity contribution < 1.29 is 23.8 Å². The molecule has 0 fully saturated rings. The molecule has 6 nitrogen and oxygen atoms in total. The third kappa shape index (κ3) is 2.94. The molecule has 0 spiro atoms. The molecule has 0 saturated heterocycles. The standard InChI is InChI=1S/C23H25NO5/c1-5-27-21(25)17-13(3)24-23(4)20(22(26)28-6-2)19(17)18-15-10-8-7-9-14(15)11-12-16(18)29-23/h7-12,19-20,24H,5-6H2,1-4H3. The highest BCUT2D eigenvalue weighted by Gasteiger charge is 2.58. The molecule has 0 aliphatic carbocycles. The Hall–Kier alpha value is -3.02. The molecule has 29 heavy (non-hydrogen) atoms. The first-order valence-electron chi connectivity index (χ1n) is 9.94. The Bertz CT molecular complexity index is 1030. The molecule has 3 atom stereocenters. The Morgan fingerprint density at radius 3 is 2.55 bits per heavy atom. The molecule has 0 aromatic heterocycles. The van der Waals surface area contributed by atoms with Gasteiger partial charge in [-0.2, -0.15) is 0 Å². The molecule has 2 bridgehead atoms. The van der Waals surface area contributed by atoms with Gasteiger partial charge in [-0.3, -0.25) is 4.79 Å². The highest BCUT2D eigenvalue weighted by atomic mass is 16.5. The number of hydrogen-bond donors (Lipinski definition) is 1. The highest BCUT2D eigenvalue weighted by molar-refractivity contribution is 5.98. The molecule has 0 radical (unpaired) electrons. The summed E-state index contributed by atoms with van der Waals surface area (Å²) in [6.07, 6.45) is 0. The Morgan fingerprint density at radius 2 is 1.83 bits per heavy atom. The van der Waals surface area contributed by atoms with Crippen LogP contribution in [0.4, 0.5) is 0 Å². The minimum atomic E-state index is -1.04. The molecule has 0 saturated carbocycles. The van der Waals surface area contributed by atoms with Crippen LogP contribution in [-0.4, -0.2) is 30.9 Å². The fourth-order valence-corrected chi connectivity index (χ4v) is 4.63. The van der Waals surface area contributed by atoms with Crippen LogP contribution in [0.25, 0.3) is 10.8 Å². The first-order valence-corrected chi connectivity index (χ1v) is 9.94. The molecule has 2 aromatic carbocycles. The first kappa shape index (κ1) is 19.3. The lowest BCUT2D eigenvalue weighted by atomic mass is 9.69. The van der Waals surface area contributed by atoms with E-state index < -0.39 is 29.5 Å². The van der Waals surface area contributed by atoms with Gasteiger partial charge in [-0.1, -0.05) is 30.3 Å². The number of benzene rings is 2. The van der Waals surface area contributed by atoms with Crippen LogP contribution in [0.5, 0.6) is 5.75 Å². The fraction of sp³-hybridized carbons (Fsp3) is 0.391. The second-order valence-electron chi connectivity index (χ2n) is 7.50. The van der Waals surface area contributed by atoms with Gasteiger partial charge in [0.2, 0.25) is 0 Å². The summed E-state index contributed by atoms with van der Waals surface area (Å²) in [6, 6.07) is 11.8. The minimum absolute atomic E-state index is 0.248. The van der Waals surface area contributed by atoms with E-state index in [2.05, 4.69) is 5.32 Å². The maximum atomic E-state index is 13.1. The number of ether oxygens (including phenoxy) is 3. The Kier molecular flexibility index (Phi) is 4.73. The lowest BCUT2D eigenvalue weighted by Gasteiger charge is -2.50. The van der Waals surface area contributed by atoms with Crippen molar-refractivity contribution in [3.8, 4) is 5.75 Å². The monoisotopic (exact) mass is 395 g/mol. The number of nitrogens with one attached hydrogen (secondary N) is 1. The molecule has 2 aromatic rings. The molecule has 2 aliphatic rings. The van der Waals surface area contributed by atoms with E-state index in [4.69, 9.17) is 14.2 Å². The molecule has 152 valence electrons. The van der Waals surface area contributed by atoms with E-state index in [1.165, 1.54) is 0 Å². The SMILES string of the molecule is CCOC(=O)C1=C(C)NC2(C)Oc3ccc4ccccc4c3C1C2C(=O)OCC. The molecule has 1 N–H and O–H groups in total. The van der Waals surface area contributed by atoms with Crippen molar-refractivity contribution in [3.05, 3.63) is 53.2 Å². The van der Waals surface area contributed by atoms with Gasteiger partial charge < -0.3 is 19.5 Å². The number of allylic oxidation sites excluding steroid dienone is 1. The summed E-state index contributed by atoms with van der Waals surface area (Å²) in [5, 5.41) is 5.21. The minimum Gasteiger partial charge on any atom is -0.467 e. The van der Waals surface area contributed by atoms with E-state index in [1.54, 1.807) is 13.8 Å². The van der Waals surface area contributed by atoms with Crippen LogP contribution in [-0.2, 0) is 19.1 Å². The van der Waals surface area contributed by atoms with Crippen LogP contribution >= 0.6 is 0 Å². The Balaban J connectivity index is 2.02. The molecule has 6 heteroatoms. The predicted octanol–water partition coefficient (Wildman–Crippen LogP) is 3.65. The summed E-state index contributed by atoms with van der Waals surface area (Å²) in [7, 11) is 0. The van der Waals surface area contributed by atoms with E-state index >= 15 is 0 Å². The zero-order valence-electron chi connectivity index (χ0n) is 17.1. The number of carbonyl (C=O) groups excluding carboxylic acids is 2. The second-order valence-corrected chi connectivity index (χ2v) is 7.50. The average molecular weight is 395 g/mol. The summed E-state index contributed by atoms with van der Waals surface area (Å²) in [6.45, 7) is 7.68. The molecule has 4 rings (SSSR count). The maximum absolute atomic E-state index is 13.1. The third-order valence-corrected chi connectivity index (χ3v) is 5.68. The molecular weight excluding hydrogens is 370 g/mol. The van der Waals surface area contributed by atoms with E-state index in [9.17, 15) is 9.59 Å².